The lowest BCUT2D eigenvalue weighted by molar-refractivity contribution is 0.159. The molecule has 3 aromatic rings. The summed E-state index contributed by atoms with van der Waals surface area (Å²) in [5, 5.41) is 0. The highest BCUT2D eigenvalue weighted by Gasteiger charge is 2.28. The zero-order chi connectivity index (χ0) is 19.8. The first-order chi connectivity index (χ1) is 14.2. The number of likely N-dealkylation sites (tertiary alicyclic amines) is 1. The fourth-order valence-electron chi connectivity index (χ4n) is 3.99. The highest BCUT2D eigenvalue weighted by molar-refractivity contribution is 7.14. The van der Waals surface area contributed by atoms with Crippen LogP contribution in [0.5, 0.6) is 0 Å². The molecule has 0 atom stereocenters. The Labute approximate surface area is 171 Å². The van der Waals surface area contributed by atoms with Crippen LogP contribution in [0.25, 0.3) is 21.5 Å². The van der Waals surface area contributed by atoms with Crippen molar-refractivity contribution in [1.29, 1.82) is 0 Å². The second kappa shape index (κ2) is 7.55. The number of amides is 2. The van der Waals surface area contributed by atoms with Crippen LogP contribution in [0.1, 0.15) is 12.8 Å². The highest BCUT2D eigenvalue weighted by atomic mass is 32.1. The quantitative estimate of drug-likeness (QED) is 0.647. The van der Waals surface area contributed by atoms with Crippen LogP contribution in [0.2, 0.25) is 0 Å². The summed E-state index contributed by atoms with van der Waals surface area (Å²) in [7, 11) is 0. The van der Waals surface area contributed by atoms with E-state index in [-0.39, 0.29) is 11.8 Å². The Balaban J connectivity index is 1.36. The fraction of sp³-hybridized carbons (Fsp3) is 0.400. The number of aromatic nitrogens is 3. The van der Waals surface area contributed by atoms with Gasteiger partial charge in [-0.3, -0.25) is 0 Å². The first-order valence-electron chi connectivity index (χ1n) is 9.86. The maximum absolute atomic E-state index is 13.3. The number of urea groups is 1. The van der Waals surface area contributed by atoms with Gasteiger partial charge in [-0.05, 0) is 48.6 Å². The van der Waals surface area contributed by atoms with Crippen LogP contribution in [0.15, 0.2) is 30.6 Å². The van der Waals surface area contributed by atoms with Crippen molar-refractivity contribution in [3.63, 3.8) is 0 Å². The van der Waals surface area contributed by atoms with E-state index in [1.807, 2.05) is 9.80 Å². The summed E-state index contributed by atoms with van der Waals surface area (Å²) in [6, 6.07) is 6.45. The van der Waals surface area contributed by atoms with Gasteiger partial charge in [-0.15, -0.1) is 0 Å². The van der Waals surface area contributed by atoms with Crippen molar-refractivity contribution >= 4 is 33.6 Å². The third-order valence-electron chi connectivity index (χ3n) is 5.58. The lowest BCUT2D eigenvalue weighted by Gasteiger charge is -2.37. The topological polar surface area (TPSA) is 65.5 Å². The summed E-state index contributed by atoms with van der Waals surface area (Å²) >= 11 is 1.36. The number of fused-ring (bicyclic) bond motifs is 1. The van der Waals surface area contributed by atoms with Crippen molar-refractivity contribution in [3.05, 3.63) is 36.4 Å². The van der Waals surface area contributed by atoms with E-state index in [0.29, 0.717) is 13.1 Å². The molecule has 0 bridgehead atoms. The Bertz CT molecular complexity index is 1030. The first-order valence-corrected chi connectivity index (χ1v) is 10.6. The van der Waals surface area contributed by atoms with Gasteiger partial charge >= 0.3 is 6.03 Å². The van der Waals surface area contributed by atoms with Gasteiger partial charge in [0.15, 0.2) is 5.82 Å². The first kappa shape index (κ1) is 18.2. The van der Waals surface area contributed by atoms with E-state index in [9.17, 15) is 9.18 Å². The molecule has 2 fully saturated rings. The molecule has 0 saturated carbocycles. The average Bonchev–Trinajstić information content (AvgIpc) is 3.44. The van der Waals surface area contributed by atoms with Crippen LogP contribution in [-0.4, -0.2) is 69.4 Å². The minimum absolute atomic E-state index is 0.159. The summed E-state index contributed by atoms with van der Waals surface area (Å²) in [5.41, 5.74) is 2.36. The third-order valence-corrected chi connectivity index (χ3v) is 6.41. The number of nitrogens with zero attached hydrogens (tertiary/aromatic N) is 6. The second-order valence-corrected chi connectivity index (χ2v) is 8.14. The number of anilines is 1. The van der Waals surface area contributed by atoms with E-state index >= 15 is 0 Å². The smallest absolute Gasteiger partial charge is 0.320 e. The van der Waals surface area contributed by atoms with Crippen LogP contribution in [0, 0.1) is 5.82 Å². The number of hydrogen-bond acceptors (Lipinski definition) is 6. The number of carbonyl (C=O) groups is 1. The largest absolute Gasteiger partial charge is 0.352 e. The molecule has 29 heavy (non-hydrogen) atoms. The predicted octanol–water partition coefficient (Wildman–Crippen LogP) is 3.23. The predicted molar refractivity (Wildman–Crippen MR) is 111 cm³/mol. The Morgan fingerprint density at radius 2 is 1.62 bits per heavy atom. The van der Waals surface area contributed by atoms with Gasteiger partial charge in [0.1, 0.15) is 28.1 Å². The van der Waals surface area contributed by atoms with Crippen molar-refractivity contribution in [2.75, 3.05) is 44.2 Å². The van der Waals surface area contributed by atoms with Gasteiger partial charge in [-0.1, -0.05) is 0 Å². The standard InChI is InChI=1S/C20H21FN6OS/c21-15-5-3-14(4-6-15)16-17-18(29-24-16)19(23-13-22-17)25-9-11-27(12-10-25)20(28)26-7-1-2-8-26/h3-6,13H,1-2,7-12H2. The third kappa shape index (κ3) is 3.39. The molecule has 150 valence electrons. The molecule has 4 heterocycles. The molecule has 2 aromatic heterocycles. The number of rotatable bonds is 2. The number of piperazine rings is 1. The van der Waals surface area contributed by atoms with Crippen molar-refractivity contribution in [2.45, 2.75) is 12.8 Å². The minimum Gasteiger partial charge on any atom is -0.352 e. The van der Waals surface area contributed by atoms with Gasteiger partial charge < -0.3 is 14.7 Å². The number of carbonyl (C=O) groups excluding carboxylic acids is 1. The van der Waals surface area contributed by atoms with Gasteiger partial charge in [-0.2, -0.15) is 4.37 Å². The van der Waals surface area contributed by atoms with Crippen LogP contribution in [0.3, 0.4) is 0 Å². The van der Waals surface area contributed by atoms with E-state index in [0.717, 1.165) is 66.3 Å². The molecule has 5 rings (SSSR count). The lowest BCUT2D eigenvalue weighted by Crippen LogP contribution is -2.52. The zero-order valence-electron chi connectivity index (χ0n) is 15.9. The SMILES string of the molecule is O=C(N1CCCC1)N1CCN(c2ncnc3c(-c4ccc(F)cc4)nsc23)CC1. The highest BCUT2D eigenvalue weighted by Crippen LogP contribution is 2.34. The molecule has 2 amide bonds. The van der Waals surface area contributed by atoms with Gasteiger partial charge in [-0.25, -0.2) is 19.2 Å². The normalized spacial score (nSPS) is 17.3. The van der Waals surface area contributed by atoms with Crippen LogP contribution in [-0.2, 0) is 0 Å². The van der Waals surface area contributed by atoms with Gasteiger partial charge in [0.25, 0.3) is 0 Å². The van der Waals surface area contributed by atoms with Crippen molar-refractivity contribution in [2.24, 2.45) is 0 Å². The summed E-state index contributed by atoms with van der Waals surface area (Å²) in [4.78, 5) is 27.7. The molecule has 0 N–H and O–H groups in total. The maximum atomic E-state index is 13.3. The summed E-state index contributed by atoms with van der Waals surface area (Å²) in [5.74, 6) is 0.582. The Morgan fingerprint density at radius 1 is 0.931 bits per heavy atom. The van der Waals surface area contributed by atoms with E-state index in [4.69, 9.17) is 0 Å². The summed E-state index contributed by atoms with van der Waals surface area (Å²) in [6.07, 6.45) is 3.76. The fourth-order valence-corrected chi connectivity index (χ4v) is 4.87. The molecule has 2 saturated heterocycles. The van der Waals surface area contributed by atoms with Crippen molar-refractivity contribution in [3.8, 4) is 11.3 Å². The molecule has 2 aliphatic rings. The molecule has 7 nitrogen and oxygen atoms in total. The van der Waals surface area contributed by atoms with E-state index in [1.165, 1.54) is 23.7 Å². The average molecular weight is 412 g/mol. The van der Waals surface area contributed by atoms with Gasteiger partial charge in [0, 0.05) is 44.8 Å². The molecule has 2 aliphatic heterocycles. The van der Waals surface area contributed by atoms with E-state index in [1.54, 1.807) is 18.5 Å². The number of benzene rings is 1. The second-order valence-electron chi connectivity index (χ2n) is 7.36. The molecule has 1 aromatic carbocycles. The molecular weight excluding hydrogens is 391 g/mol. The van der Waals surface area contributed by atoms with Gasteiger partial charge in [0.05, 0.1) is 0 Å². The van der Waals surface area contributed by atoms with E-state index in [2.05, 4.69) is 19.2 Å². The number of hydrogen-bond donors (Lipinski definition) is 0. The summed E-state index contributed by atoms with van der Waals surface area (Å²) in [6.45, 7) is 4.58. The monoisotopic (exact) mass is 412 g/mol. The molecular formula is C20H21FN6OS. The Kier molecular flexibility index (Phi) is 4.75. The molecule has 0 aliphatic carbocycles. The van der Waals surface area contributed by atoms with Gasteiger partial charge in [0.2, 0.25) is 0 Å². The zero-order valence-corrected chi connectivity index (χ0v) is 16.7. The molecule has 0 unspecified atom stereocenters. The molecule has 0 spiro atoms. The lowest BCUT2D eigenvalue weighted by atomic mass is 10.1. The molecule has 0 radical (unpaired) electrons. The van der Waals surface area contributed by atoms with Crippen molar-refractivity contribution in [1.82, 2.24) is 24.1 Å². The van der Waals surface area contributed by atoms with Crippen LogP contribution >= 0.6 is 11.5 Å². The van der Waals surface area contributed by atoms with Crippen LogP contribution < -0.4 is 4.90 Å². The Morgan fingerprint density at radius 3 is 2.34 bits per heavy atom. The number of halogens is 1. The van der Waals surface area contributed by atoms with Crippen LogP contribution in [0.4, 0.5) is 15.0 Å². The minimum atomic E-state index is -0.273. The van der Waals surface area contributed by atoms with E-state index < -0.39 is 0 Å². The maximum Gasteiger partial charge on any atom is 0.320 e. The molecule has 9 heteroatoms. The summed E-state index contributed by atoms with van der Waals surface area (Å²) < 4.78 is 18.7. The van der Waals surface area contributed by atoms with Crippen molar-refractivity contribution < 1.29 is 9.18 Å². The Hall–Kier alpha value is -2.81.